The molecule has 0 saturated heterocycles. The molecular formula is C37H31N2+. The molecule has 1 aliphatic rings. The summed E-state index contributed by atoms with van der Waals surface area (Å²) in [6.07, 6.45) is 14.2. The van der Waals surface area contributed by atoms with Crippen LogP contribution in [-0.4, -0.2) is 12.8 Å². The maximum Gasteiger partial charge on any atom is 0.227 e. The monoisotopic (exact) mass is 503 g/mol. The molecule has 0 aromatic heterocycles. The van der Waals surface area contributed by atoms with Gasteiger partial charge in [-0.15, -0.1) is 0 Å². The van der Waals surface area contributed by atoms with Gasteiger partial charge >= 0.3 is 0 Å². The maximum absolute atomic E-state index is 6.04. The molecule has 0 atom stereocenters. The summed E-state index contributed by atoms with van der Waals surface area (Å²) in [5.41, 5.74) is 15.6. The number of hydrogen-bond donors (Lipinski definition) is 1. The third-order valence-electron chi connectivity index (χ3n) is 7.44. The summed E-state index contributed by atoms with van der Waals surface area (Å²) in [7, 11) is 0. The first kappa shape index (κ1) is 24.5. The minimum atomic E-state index is 0.473. The molecule has 2 nitrogen and oxygen atoms in total. The number of rotatable bonds is 6. The standard InChI is InChI=1S/C37H31N2/c1-3-5-6-9-22-39-36-24-29(32-15-10-13-26-12-7-8-14-31(26)32)17-20-34(36)35-21-18-28-23-27(30(25-38)11-4-2)16-19-33(28)37(35)39/h3-24H,2,25,38H2,1H3/q+1/b5-3-,9-6-,30-11+,39-22?. The Kier molecular flexibility index (Phi) is 6.62. The van der Waals surface area contributed by atoms with E-state index in [0.29, 0.717) is 6.54 Å². The molecule has 2 heteroatoms. The van der Waals surface area contributed by atoms with Crippen molar-refractivity contribution in [1.82, 2.24) is 4.58 Å². The van der Waals surface area contributed by atoms with Crippen molar-refractivity contribution >= 4 is 44.7 Å². The highest BCUT2D eigenvalue weighted by molar-refractivity contribution is 6.10. The second kappa shape index (κ2) is 10.5. The van der Waals surface area contributed by atoms with Gasteiger partial charge in [-0.2, -0.15) is 4.58 Å². The largest absolute Gasteiger partial charge is 0.326 e. The zero-order chi connectivity index (χ0) is 26.8. The quantitative estimate of drug-likeness (QED) is 0.178. The van der Waals surface area contributed by atoms with Gasteiger partial charge < -0.3 is 5.73 Å². The van der Waals surface area contributed by atoms with E-state index in [0.717, 1.165) is 11.1 Å². The molecule has 5 aromatic rings. The van der Waals surface area contributed by atoms with E-state index in [-0.39, 0.29) is 0 Å². The molecule has 6 rings (SSSR count). The lowest BCUT2D eigenvalue weighted by molar-refractivity contribution is 1.15. The van der Waals surface area contributed by atoms with Crippen LogP contribution in [-0.2, 0) is 0 Å². The van der Waals surface area contributed by atoms with Crippen LogP contribution in [0.5, 0.6) is 0 Å². The Morgan fingerprint density at radius 2 is 1.62 bits per heavy atom. The fourth-order valence-corrected chi connectivity index (χ4v) is 5.60. The van der Waals surface area contributed by atoms with E-state index in [1.165, 1.54) is 55.2 Å². The predicted octanol–water partition coefficient (Wildman–Crippen LogP) is 9.21. The highest BCUT2D eigenvalue weighted by Gasteiger charge is 2.33. The van der Waals surface area contributed by atoms with E-state index in [1.807, 2.05) is 19.1 Å². The summed E-state index contributed by atoms with van der Waals surface area (Å²) < 4.78 is 2.34. The molecule has 1 aliphatic heterocycles. The van der Waals surface area contributed by atoms with Gasteiger partial charge in [0.25, 0.3) is 0 Å². The molecule has 1 heterocycles. The van der Waals surface area contributed by atoms with Gasteiger partial charge in [-0.1, -0.05) is 97.6 Å². The van der Waals surface area contributed by atoms with Gasteiger partial charge in [-0.05, 0) is 69.6 Å². The molecule has 0 bridgehead atoms. The molecule has 39 heavy (non-hydrogen) atoms. The first-order valence-corrected chi connectivity index (χ1v) is 13.4. The second-order valence-corrected chi connectivity index (χ2v) is 9.72. The summed E-state index contributed by atoms with van der Waals surface area (Å²) in [6.45, 7) is 6.35. The van der Waals surface area contributed by atoms with Gasteiger partial charge in [0.1, 0.15) is 0 Å². The van der Waals surface area contributed by atoms with Gasteiger partial charge in [-0.3, -0.25) is 0 Å². The van der Waals surface area contributed by atoms with Crippen LogP contribution in [0.3, 0.4) is 0 Å². The van der Waals surface area contributed by atoms with Crippen molar-refractivity contribution in [1.29, 1.82) is 0 Å². The van der Waals surface area contributed by atoms with Crippen molar-refractivity contribution in [2.45, 2.75) is 6.92 Å². The first-order valence-electron chi connectivity index (χ1n) is 13.4. The van der Waals surface area contributed by atoms with Crippen LogP contribution >= 0.6 is 0 Å². The molecule has 0 fully saturated rings. The van der Waals surface area contributed by atoms with E-state index in [4.69, 9.17) is 5.73 Å². The number of hydrogen-bond acceptors (Lipinski definition) is 1. The maximum atomic E-state index is 6.04. The fourth-order valence-electron chi connectivity index (χ4n) is 5.60. The van der Waals surface area contributed by atoms with Crippen molar-refractivity contribution in [3.05, 3.63) is 140 Å². The number of allylic oxidation sites excluding steroid dienone is 6. The lowest BCUT2D eigenvalue weighted by Crippen LogP contribution is -2.03. The summed E-state index contributed by atoms with van der Waals surface area (Å²) in [5, 5.41) is 4.92. The molecule has 0 saturated carbocycles. The van der Waals surface area contributed by atoms with Crippen LogP contribution in [0.4, 0.5) is 11.4 Å². The van der Waals surface area contributed by atoms with E-state index in [2.05, 4.69) is 127 Å². The Bertz CT molecular complexity index is 1860. The first-order chi connectivity index (χ1) is 19.2. The Morgan fingerprint density at radius 3 is 2.46 bits per heavy atom. The van der Waals surface area contributed by atoms with Gasteiger partial charge in [0.2, 0.25) is 11.4 Å². The normalized spacial score (nSPS) is 14.1. The topological polar surface area (TPSA) is 29.0 Å². The Balaban J connectivity index is 1.56. The van der Waals surface area contributed by atoms with Crippen LogP contribution in [0.15, 0.2) is 134 Å². The lowest BCUT2D eigenvalue weighted by atomic mass is 9.95. The second-order valence-electron chi connectivity index (χ2n) is 9.72. The highest BCUT2D eigenvalue weighted by atomic mass is 15.0. The zero-order valence-corrected chi connectivity index (χ0v) is 22.1. The molecule has 0 radical (unpaired) electrons. The number of nitrogens with two attached hydrogens (primary N) is 1. The Morgan fingerprint density at radius 1 is 0.769 bits per heavy atom. The summed E-state index contributed by atoms with van der Waals surface area (Å²) >= 11 is 0. The minimum Gasteiger partial charge on any atom is -0.326 e. The summed E-state index contributed by atoms with van der Waals surface area (Å²) in [5.74, 6) is 0. The van der Waals surface area contributed by atoms with Crippen LogP contribution in [0.2, 0.25) is 0 Å². The smallest absolute Gasteiger partial charge is 0.227 e. The highest BCUT2D eigenvalue weighted by Crippen LogP contribution is 2.49. The molecular weight excluding hydrogens is 472 g/mol. The number of benzene rings is 5. The van der Waals surface area contributed by atoms with Gasteiger partial charge in [0.05, 0.1) is 16.5 Å². The molecule has 0 aliphatic carbocycles. The van der Waals surface area contributed by atoms with Crippen molar-refractivity contribution in [3.8, 4) is 22.3 Å². The molecule has 188 valence electrons. The minimum absolute atomic E-state index is 0.473. The van der Waals surface area contributed by atoms with Crippen molar-refractivity contribution in [2.75, 3.05) is 6.54 Å². The Hall–Kier alpha value is -4.79. The molecule has 0 unspecified atom stereocenters. The third-order valence-corrected chi connectivity index (χ3v) is 7.44. The molecule has 2 N–H and O–H groups in total. The van der Waals surface area contributed by atoms with Crippen LogP contribution in [0.25, 0.3) is 49.4 Å². The summed E-state index contributed by atoms with van der Waals surface area (Å²) in [4.78, 5) is 0. The van der Waals surface area contributed by atoms with Crippen LogP contribution in [0, 0.1) is 0 Å². The SMILES string of the molecule is C=C/C=C(\CN)c1ccc2c3c(ccc2c1)-c1ccc(-c2cccc4ccccc24)cc1[N+]3=C/C=C\C=C/C. The van der Waals surface area contributed by atoms with Crippen LogP contribution < -0.4 is 10.3 Å². The van der Waals surface area contributed by atoms with Crippen molar-refractivity contribution in [2.24, 2.45) is 5.73 Å². The van der Waals surface area contributed by atoms with E-state index in [9.17, 15) is 0 Å². The average Bonchev–Trinajstić information content (AvgIpc) is 3.30. The third kappa shape index (κ3) is 4.35. The van der Waals surface area contributed by atoms with Gasteiger partial charge in [-0.25, -0.2) is 0 Å². The van der Waals surface area contributed by atoms with Gasteiger partial charge in [0.15, 0.2) is 6.21 Å². The summed E-state index contributed by atoms with van der Waals surface area (Å²) in [6, 6.07) is 33.1. The molecule has 5 aromatic carbocycles. The molecule has 0 amide bonds. The number of nitrogens with zero attached hydrogens (tertiary/aromatic N) is 1. The number of fused-ring (bicyclic) bond motifs is 6. The predicted molar refractivity (Wildman–Crippen MR) is 171 cm³/mol. The van der Waals surface area contributed by atoms with E-state index >= 15 is 0 Å². The zero-order valence-electron chi connectivity index (χ0n) is 22.1. The van der Waals surface area contributed by atoms with Crippen LogP contribution in [0.1, 0.15) is 12.5 Å². The average molecular weight is 504 g/mol. The van der Waals surface area contributed by atoms with Crippen molar-refractivity contribution in [3.63, 3.8) is 0 Å². The Labute approximate surface area is 230 Å². The van der Waals surface area contributed by atoms with E-state index < -0.39 is 0 Å². The molecule has 0 spiro atoms. The van der Waals surface area contributed by atoms with Gasteiger partial charge in [0, 0.05) is 18.7 Å². The lowest BCUT2D eigenvalue weighted by Gasteiger charge is -2.08. The van der Waals surface area contributed by atoms with Crippen molar-refractivity contribution < 1.29 is 0 Å². The van der Waals surface area contributed by atoms with E-state index in [1.54, 1.807) is 6.08 Å². The fraction of sp³-hybridized carbons (Fsp3) is 0.0541.